The lowest BCUT2D eigenvalue weighted by Gasteiger charge is -2.17. The van der Waals surface area contributed by atoms with E-state index in [2.05, 4.69) is 10.6 Å². The number of methoxy groups -OCH3 is 1. The number of hydrogen-bond donors (Lipinski definition) is 2. The number of esters is 1. The summed E-state index contributed by atoms with van der Waals surface area (Å²) in [4.78, 5) is 24.1. The summed E-state index contributed by atoms with van der Waals surface area (Å²) in [6.07, 6.45) is -0.0902. The number of amides is 2. The standard InChI is InChI=1S/C19H24N2O5/c1-11(2)25-17-9-7-14(18(22)24-5)10-15(17)21-19(23)20-13(4)16-8-6-12(3)26-16/h6-11,13H,1-5H3,(H2,20,21,23). The van der Waals surface area contributed by atoms with Crippen molar-refractivity contribution in [1.82, 2.24) is 5.32 Å². The Labute approximate surface area is 152 Å². The number of ether oxygens (including phenoxy) is 2. The third-order valence-corrected chi connectivity index (χ3v) is 3.55. The molecule has 2 rings (SSSR count). The number of hydrogen-bond acceptors (Lipinski definition) is 5. The predicted octanol–water partition coefficient (Wildman–Crippen LogP) is 4.04. The van der Waals surface area contributed by atoms with Crippen LogP contribution >= 0.6 is 0 Å². The molecular formula is C19H24N2O5. The normalized spacial score (nSPS) is 11.8. The molecule has 0 aliphatic heterocycles. The Bertz CT molecular complexity index is 782. The van der Waals surface area contributed by atoms with E-state index in [0.717, 1.165) is 5.76 Å². The lowest BCUT2D eigenvalue weighted by Crippen LogP contribution is -2.31. The second-order valence-corrected chi connectivity index (χ2v) is 6.14. The highest BCUT2D eigenvalue weighted by Gasteiger charge is 2.17. The minimum absolute atomic E-state index is 0.0902. The third kappa shape index (κ3) is 5.02. The number of benzene rings is 1. The molecule has 26 heavy (non-hydrogen) atoms. The van der Waals surface area contributed by atoms with Crippen LogP contribution in [0.2, 0.25) is 0 Å². The lowest BCUT2D eigenvalue weighted by molar-refractivity contribution is 0.0600. The molecule has 2 N–H and O–H groups in total. The van der Waals surface area contributed by atoms with Crippen LogP contribution in [-0.2, 0) is 4.74 Å². The zero-order valence-corrected chi connectivity index (χ0v) is 15.6. The summed E-state index contributed by atoms with van der Waals surface area (Å²) in [6, 6.07) is 7.61. The second-order valence-electron chi connectivity index (χ2n) is 6.14. The Morgan fingerprint density at radius 1 is 1.12 bits per heavy atom. The molecule has 1 atom stereocenters. The van der Waals surface area contributed by atoms with E-state index in [4.69, 9.17) is 13.9 Å². The van der Waals surface area contributed by atoms with Gasteiger partial charge in [0.2, 0.25) is 0 Å². The van der Waals surface area contributed by atoms with Crippen LogP contribution in [0.25, 0.3) is 0 Å². The van der Waals surface area contributed by atoms with Gasteiger partial charge in [0, 0.05) is 0 Å². The first-order chi connectivity index (χ1) is 12.3. The number of aryl methyl sites for hydroxylation is 1. The van der Waals surface area contributed by atoms with E-state index in [9.17, 15) is 9.59 Å². The van der Waals surface area contributed by atoms with Crippen LogP contribution in [0.1, 0.15) is 48.7 Å². The molecule has 0 fully saturated rings. The number of urea groups is 1. The van der Waals surface area contributed by atoms with E-state index in [1.807, 2.05) is 39.8 Å². The molecule has 1 aromatic carbocycles. The Balaban J connectivity index is 2.16. The molecule has 7 nitrogen and oxygen atoms in total. The minimum Gasteiger partial charge on any atom is -0.489 e. The molecule has 0 spiro atoms. The van der Waals surface area contributed by atoms with Crippen molar-refractivity contribution in [2.24, 2.45) is 0 Å². The maximum absolute atomic E-state index is 12.4. The number of nitrogens with one attached hydrogen (secondary N) is 2. The van der Waals surface area contributed by atoms with Gasteiger partial charge in [-0.1, -0.05) is 0 Å². The highest BCUT2D eigenvalue weighted by molar-refractivity contribution is 5.95. The van der Waals surface area contributed by atoms with Crippen LogP contribution in [-0.4, -0.2) is 25.2 Å². The smallest absolute Gasteiger partial charge is 0.337 e. The maximum Gasteiger partial charge on any atom is 0.337 e. The van der Waals surface area contributed by atoms with Crippen LogP contribution in [0.15, 0.2) is 34.7 Å². The summed E-state index contributed by atoms with van der Waals surface area (Å²) in [5.41, 5.74) is 0.690. The first-order valence-corrected chi connectivity index (χ1v) is 8.33. The molecule has 0 saturated heterocycles. The summed E-state index contributed by atoms with van der Waals surface area (Å²) in [5, 5.41) is 5.50. The average molecular weight is 360 g/mol. The lowest BCUT2D eigenvalue weighted by atomic mass is 10.2. The molecule has 2 amide bonds. The SMILES string of the molecule is COC(=O)c1ccc(OC(C)C)c(NC(=O)NC(C)c2ccc(C)o2)c1. The van der Waals surface area contributed by atoms with Gasteiger partial charge in [-0.15, -0.1) is 0 Å². The molecule has 0 aliphatic carbocycles. The monoisotopic (exact) mass is 360 g/mol. The van der Waals surface area contributed by atoms with Crippen molar-refractivity contribution < 1.29 is 23.5 Å². The maximum atomic E-state index is 12.4. The number of anilines is 1. The zero-order chi connectivity index (χ0) is 19.3. The molecular weight excluding hydrogens is 336 g/mol. The van der Waals surface area contributed by atoms with Crippen molar-refractivity contribution in [2.45, 2.75) is 39.8 Å². The Morgan fingerprint density at radius 2 is 1.85 bits per heavy atom. The number of carbonyl (C=O) groups is 2. The van der Waals surface area contributed by atoms with Crippen LogP contribution in [0, 0.1) is 6.92 Å². The van der Waals surface area contributed by atoms with E-state index in [1.54, 1.807) is 12.1 Å². The van der Waals surface area contributed by atoms with Gasteiger partial charge in [-0.25, -0.2) is 9.59 Å². The molecule has 1 unspecified atom stereocenters. The van der Waals surface area contributed by atoms with Gasteiger partial charge in [-0.3, -0.25) is 0 Å². The topological polar surface area (TPSA) is 89.8 Å². The van der Waals surface area contributed by atoms with E-state index < -0.39 is 12.0 Å². The molecule has 7 heteroatoms. The van der Waals surface area contributed by atoms with Crippen molar-refractivity contribution in [2.75, 3.05) is 12.4 Å². The zero-order valence-electron chi connectivity index (χ0n) is 15.6. The number of rotatable bonds is 6. The van der Waals surface area contributed by atoms with Crippen LogP contribution < -0.4 is 15.4 Å². The predicted molar refractivity (Wildman–Crippen MR) is 97.6 cm³/mol. The fourth-order valence-electron chi connectivity index (χ4n) is 2.34. The highest BCUT2D eigenvalue weighted by atomic mass is 16.5. The first-order valence-electron chi connectivity index (χ1n) is 8.33. The van der Waals surface area contributed by atoms with Crippen molar-refractivity contribution in [3.8, 4) is 5.75 Å². The summed E-state index contributed by atoms with van der Waals surface area (Å²) >= 11 is 0. The number of furan rings is 1. The van der Waals surface area contributed by atoms with Gasteiger partial charge < -0.3 is 24.5 Å². The van der Waals surface area contributed by atoms with Crippen LogP contribution in [0.4, 0.5) is 10.5 Å². The van der Waals surface area contributed by atoms with E-state index in [-0.39, 0.29) is 12.1 Å². The van der Waals surface area contributed by atoms with E-state index in [0.29, 0.717) is 22.8 Å². The second kappa shape index (κ2) is 8.42. The summed E-state index contributed by atoms with van der Waals surface area (Å²) in [6.45, 7) is 7.40. The van der Waals surface area contributed by atoms with Crippen LogP contribution in [0.5, 0.6) is 5.75 Å². The van der Waals surface area contributed by atoms with Crippen LogP contribution in [0.3, 0.4) is 0 Å². The first kappa shape index (κ1) is 19.4. The highest BCUT2D eigenvalue weighted by Crippen LogP contribution is 2.27. The molecule has 0 radical (unpaired) electrons. The molecule has 2 aromatic rings. The number of carbonyl (C=O) groups excluding carboxylic acids is 2. The summed E-state index contributed by atoms with van der Waals surface area (Å²) in [5.74, 6) is 1.39. The summed E-state index contributed by atoms with van der Waals surface area (Å²) in [7, 11) is 1.30. The largest absolute Gasteiger partial charge is 0.489 e. The van der Waals surface area contributed by atoms with Gasteiger partial charge in [0.05, 0.1) is 30.5 Å². The molecule has 0 bridgehead atoms. The van der Waals surface area contributed by atoms with Gasteiger partial charge in [-0.2, -0.15) is 0 Å². The van der Waals surface area contributed by atoms with Crippen molar-refractivity contribution in [1.29, 1.82) is 0 Å². The molecule has 0 saturated carbocycles. The van der Waals surface area contributed by atoms with Crippen molar-refractivity contribution in [3.05, 3.63) is 47.4 Å². The van der Waals surface area contributed by atoms with E-state index in [1.165, 1.54) is 13.2 Å². The van der Waals surface area contributed by atoms with Crippen molar-refractivity contribution in [3.63, 3.8) is 0 Å². The average Bonchev–Trinajstić information content (AvgIpc) is 3.01. The molecule has 1 aromatic heterocycles. The van der Waals surface area contributed by atoms with Gasteiger partial charge in [0.25, 0.3) is 0 Å². The van der Waals surface area contributed by atoms with Gasteiger partial charge in [-0.05, 0) is 58.0 Å². The quantitative estimate of drug-likeness (QED) is 0.759. The molecule has 140 valence electrons. The van der Waals surface area contributed by atoms with E-state index >= 15 is 0 Å². The summed E-state index contributed by atoms with van der Waals surface area (Å²) < 4.78 is 15.9. The van der Waals surface area contributed by atoms with Gasteiger partial charge in [0.1, 0.15) is 17.3 Å². The molecule has 1 heterocycles. The van der Waals surface area contributed by atoms with Gasteiger partial charge in [0.15, 0.2) is 0 Å². The fraction of sp³-hybridized carbons (Fsp3) is 0.368. The Kier molecular flexibility index (Phi) is 6.27. The molecule has 0 aliphatic rings. The van der Waals surface area contributed by atoms with Gasteiger partial charge >= 0.3 is 12.0 Å². The minimum atomic E-state index is -0.496. The fourth-order valence-corrected chi connectivity index (χ4v) is 2.34. The Morgan fingerprint density at radius 3 is 2.42 bits per heavy atom. The van der Waals surface area contributed by atoms with Crippen molar-refractivity contribution >= 4 is 17.7 Å². The Hall–Kier alpha value is -2.96. The third-order valence-electron chi connectivity index (χ3n) is 3.55.